The van der Waals surface area contributed by atoms with Gasteiger partial charge < -0.3 is 14.4 Å². The zero-order valence-electron chi connectivity index (χ0n) is 18.0. The number of imide groups is 1. The Hall–Kier alpha value is -3.35. The number of rotatable bonds is 6. The second-order valence-corrected chi connectivity index (χ2v) is 7.83. The van der Waals surface area contributed by atoms with Crippen molar-refractivity contribution in [2.75, 3.05) is 27.3 Å². The Bertz CT molecular complexity index is 1010. The number of hydrogen-bond acceptors (Lipinski definition) is 5. The Labute approximate surface area is 181 Å². The van der Waals surface area contributed by atoms with E-state index in [0.717, 1.165) is 17.5 Å². The van der Waals surface area contributed by atoms with Gasteiger partial charge in [-0.1, -0.05) is 12.1 Å². The number of nitrogens with zero attached hydrogens (tertiary/aromatic N) is 2. The fourth-order valence-electron chi connectivity index (χ4n) is 4.46. The van der Waals surface area contributed by atoms with Crippen LogP contribution in [0, 0.1) is 0 Å². The number of methoxy groups -OCH3 is 2. The molecule has 7 nitrogen and oxygen atoms in total. The van der Waals surface area contributed by atoms with E-state index in [1.165, 1.54) is 4.90 Å². The number of hydrogen-bond donors (Lipinski definition) is 0. The van der Waals surface area contributed by atoms with Gasteiger partial charge in [0.15, 0.2) is 11.5 Å². The van der Waals surface area contributed by atoms with Crippen LogP contribution in [0.5, 0.6) is 11.5 Å². The first-order valence-corrected chi connectivity index (χ1v) is 10.5. The molecule has 0 N–H and O–H groups in total. The molecule has 2 heterocycles. The highest BCUT2D eigenvalue weighted by Crippen LogP contribution is 2.38. The van der Waals surface area contributed by atoms with Gasteiger partial charge in [0.1, 0.15) is 0 Å². The highest BCUT2D eigenvalue weighted by atomic mass is 16.5. The molecule has 3 amide bonds. The molecule has 7 heteroatoms. The number of fused-ring (bicyclic) bond motifs is 2. The molecule has 162 valence electrons. The van der Waals surface area contributed by atoms with E-state index >= 15 is 0 Å². The minimum absolute atomic E-state index is 0.0181. The van der Waals surface area contributed by atoms with Crippen molar-refractivity contribution >= 4 is 17.7 Å². The van der Waals surface area contributed by atoms with Crippen LogP contribution in [0.2, 0.25) is 0 Å². The lowest BCUT2D eigenvalue weighted by Crippen LogP contribution is -2.39. The van der Waals surface area contributed by atoms with Crippen molar-refractivity contribution in [1.82, 2.24) is 9.80 Å². The van der Waals surface area contributed by atoms with Crippen LogP contribution in [0.1, 0.15) is 57.7 Å². The first-order valence-electron chi connectivity index (χ1n) is 10.5. The first kappa shape index (κ1) is 20.9. The molecule has 4 rings (SSSR count). The third kappa shape index (κ3) is 3.65. The minimum atomic E-state index is -0.283. The Kier molecular flexibility index (Phi) is 5.67. The van der Waals surface area contributed by atoms with E-state index in [1.807, 2.05) is 24.0 Å². The van der Waals surface area contributed by atoms with Crippen molar-refractivity contribution in [2.24, 2.45) is 0 Å². The van der Waals surface area contributed by atoms with E-state index in [2.05, 4.69) is 0 Å². The van der Waals surface area contributed by atoms with Crippen LogP contribution in [-0.2, 0) is 11.2 Å². The molecule has 1 atom stereocenters. The van der Waals surface area contributed by atoms with Crippen LogP contribution in [0.3, 0.4) is 0 Å². The summed E-state index contributed by atoms with van der Waals surface area (Å²) in [7, 11) is 3.21. The molecule has 0 aromatic heterocycles. The standard InChI is InChI=1S/C24H26N2O5/c1-15-19-14-21(31-3)20(30-2)13-16(19)10-12-25(15)22(27)9-6-11-26-23(28)17-7-4-5-8-18(17)24(26)29/h4-5,7-8,13-15H,6,9-12H2,1-3H3. The zero-order chi connectivity index (χ0) is 22.1. The molecular formula is C24H26N2O5. The van der Waals surface area contributed by atoms with Gasteiger partial charge >= 0.3 is 0 Å². The maximum absolute atomic E-state index is 12.9. The van der Waals surface area contributed by atoms with Gasteiger partial charge in [-0.25, -0.2) is 0 Å². The third-order valence-corrected chi connectivity index (χ3v) is 6.16. The number of benzene rings is 2. The van der Waals surface area contributed by atoms with Crippen LogP contribution in [0.4, 0.5) is 0 Å². The van der Waals surface area contributed by atoms with Gasteiger partial charge in [-0.3, -0.25) is 19.3 Å². The predicted octanol–water partition coefficient (Wildman–Crippen LogP) is 3.23. The third-order valence-electron chi connectivity index (χ3n) is 6.16. The van der Waals surface area contributed by atoms with Crippen LogP contribution in [-0.4, -0.2) is 54.8 Å². The zero-order valence-corrected chi connectivity index (χ0v) is 18.0. The van der Waals surface area contributed by atoms with E-state index in [1.54, 1.807) is 38.5 Å². The normalized spacial score (nSPS) is 17.5. The minimum Gasteiger partial charge on any atom is -0.493 e. The monoisotopic (exact) mass is 422 g/mol. The summed E-state index contributed by atoms with van der Waals surface area (Å²) >= 11 is 0. The van der Waals surface area contributed by atoms with E-state index in [0.29, 0.717) is 35.6 Å². The highest BCUT2D eigenvalue weighted by Gasteiger charge is 2.35. The summed E-state index contributed by atoms with van der Waals surface area (Å²) in [5, 5.41) is 0. The van der Waals surface area contributed by atoms with Crippen LogP contribution in [0.15, 0.2) is 36.4 Å². The molecule has 0 fully saturated rings. The summed E-state index contributed by atoms with van der Waals surface area (Å²) in [6.45, 7) is 2.86. The summed E-state index contributed by atoms with van der Waals surface area (Å²) in [4.78, 5) is 41.0. The summed E-state index contributed by atoms with van der Waals surface area (Å²) in [6, 6.07) is 10.7. The van der Waals surface area contributed by atoms with Gasteiger partial charge in [-0.15, -0.1) is 0 Å². The average molecular weight is 422 g/mol. The molecular weight excluding hydrogens is 396 g/mol. The van der Waals surface area contributed by atoms with Crippen LogP contribution >= 0.6 is 0 Å². The summed E-state index contributed by atoms with van der Waals surface area (Å²) in [5.41, 5.74) is 3.08. The van der Waals surface area contributed by atoms with Gasteiger partial charge in [0.25, 0.3) is 11.8 Å². The van der Waals surface area contributed by atoms with Crippen molar-refractivity contribution in [3.63, 3.8) is 0 Å². The fraction of sp³-hybridized carbons (Fsp3) is 0.375. The highest BCUT2D eigenvalue weighted by molar-refractivity contribution is 6.21. The summed E-state index contributed by atoms with van der Waals surface area (Å²) in [5.74, 6) is 0.787. The SMILES string of the molecule is COc1cc2c(cc1OC)C(C)N(C(=O)CCCN1C(=O)c3ccccc3C1=O)CC2. The lowest BCUT2D eigenvalue weighted by atomic mass is 9.92. The molecule has 2 aromatic rings. The molecule has 0 spiro atoms. The van der Waals surface area contributed by atoms with Gasteiger partial charge in [0.2, 0.25) is 5.91 Å². The summed E-state index contributed by atoms with van der Waals surface area (Å²) < 4.78 is 10.8. The first-order chi connectivity index (χ1) is 15.0. The number of ether oxygens (including phenoxy) is 2. The Balaban J connectivity index is 1.39. The topological polar surface area (TPSA) is 76.2 Å². The lowest BCUT2D eigenvalue weighted by molar-refractivity contribution is -0.133. The Morgan fingerprint density at radius 1 is 1.03 bits per heavy atom. The number of carbonyl (C=O) groups excluding carboxylic acids is 3. The molecule has 0 bridgehead atoms. The summed E-state index contributed by atoms with van der Waals surface area (Å²) in [6.07, 6.45) is 1.46. The molecule has 0 saturated carbocycles. The molecule has 1 unspecified atom stereocenters. The maximum Gasteiger partial charge on any atom is 0.261 e. The van der Waals surface area contributed by atoms with Gasteiger partial charge in [-0.05, 0) is 55.2 Å². The van der Waals surface area contributed by atoms with Gasteiger partial charge in [0.05, 0.1) is 31.4 Å². The Morgan fingerprint density at radius 2 is 1.65 bits per heavy atom. The molecule has 2 aliphatic rings. The van der Waals surface area contributed by atoms with E-state index in [9.17, 15) is 14.4 Å². The number of carbonyl (C=O) groups is 3. The molecule has 0 radical (unpaired) electrons. The molecule has 2 aromatic carbocycles. The Morgan fingerprint density at radius 3 is 2.26 bits per heavy atom. The van der Waals surface area contributed by atoms with Crippen molar-refractivity contribution in [2.45, 2.75) is 32.2 Å². The average Bonchev–Trinajstić information content (AvgIpc) is 3.03. The van der Waals surface area contributed by atoms with Crippen molar-refractivity contribution in [3.05, 3.63) is 58.7 Å². The van der Waals surface area contributed by atoms with Crippen molar-refractivity contribution in [1.29, 1.82) is 0 Å². The van der Waals surface area contributed by atoms with E-state index in [4.69, 9.17) is 9.47 Å². The molecule has 2 aliphatic heterocycles. The fourth-order valence-corrected chi connectivity index (χ4v) is 4.46. The van der Waals surface area contributed by atoms with Crippen molar-refractivity contribution in [3.8, 4) is 11.5 Å². The van der Waals surface area contributed by atoms with Gasteiger partial charge in [0, 0.05) is 19.5 Å². The molecule has 31 heavy (non-hydrogen) atoms. The van der Waals surface area contributed by atoms with Gasteiger partial charge in [-0.2, -0.15) is 0 Å². The maximum atomic E-state index is 12.9. The van der Waals surface area contributed by atoms with Crippen LogP contribution in [0.25, 0.3) is 0 Å². The largest absolute Gasteiger partial charge is 0.493 e. The second kappa shape index (κ2) is 8.41. The lowest BCUT2D eigenvalue weighted by Gasteiger charge is -2.36. The van der Waals surface area contributed by atoms with E-state index in [-0.39, 0.29) is 36.7 Å². The van der Waals surface area contributed by atoms with E-state index < -0.39 is 0 Å². The molecule has 0 aliphatic carbocycles. The second-order valence-electron chi connectivity index (χ2n) is 7.83. The molecule has 0 saturated heterocycles. The van der Waals surface area contributed by atoms with Crippen LogP contribution < -0.4 is 9.47 Å². The quantitative estimate of drug-likeness (QED) is 0.668. The predicted molar refractivity (Wildman–Crippen MR) is 114 cm³/mol. The van der Waals surface area contributed by atoms with Crippen molar-refractivity contribution < 1.29 is 23.9 Å². The number of amides is 3. The smallest absolute Gasteiger partial charge is 0.261 e.